The van der Waals surface area contributed by atoms with E-state index in [2.05, 4.69) is 22.0 Å². The van der Waals surface area contributed by atoms with Gasteiger partial charge in [0.1, 0.15) is 10.4 Å². The van der Waals surface area contributed by atoms with E-state index in [1.807, 2.05) is 23.6 Å². The Morgan fingerprint density at radius 1 is 1.42 bits per heavy atom. The van der Waals surface area contributed by atoms with Crippen molar-refractivity contribution in [3.63, 3.8) is 0 Å². The van der Waals surface area contributed by atoms with Crippen LogP contribution >= 0.6 is 11.3 Å². The highest BCUT2D eigenvalue weighted by Crippen LogP contribution is 2.34. The molecule has 3 heterocycles. The molecule has 124 valence electrons. The maximum absolute atomic E-state index is 12.2. The van der Waals surface area contributed by atoms with Crippen molar-refractivity contribution in [2.75, 3.05) is 26.7 Å². The molecule has 1 aromatic carbocycles. The Labute approximate surface area is 143 Å². The standard InChI is InChI=1S/C18H19N3O2S/c1-23-15-5-4-14-16(13-6-8-24-17(13)18(22)20-14)12(15)3-2-7-21-9-11(19)10-21/h2-6,8,11H,7,9-10,19H2,1H3,(H,20,22). The summed E-state index contributed by atoms with van der Waals surface area (Å²) in [4.78, 5) is 17.5. The molecular formula is C18H19N3O2S. The number of thiophene rings is 1. The number of nitrogens with one attached hydrogen (secondary N) is 1. The summed E-state index contributed by atoms with van der Waals surface area (Å²) in [6.07, 6.45) is 4.22. The van der Waals surface area contributed by atoms with E-state index in [9.17, 15) is 4.79 Å². The summed E-state index contributed by atoms with van der Waals surface area (Å²) in [6, 6.07) is 6.11. The Hall–Kier alpha value is -2.15. The summed E-state index contributed by atoms with van der Waals surface area (Å²) in [6.45, 7) is 2.75. The Bertz CT molecular complexity index is 983. The number of hydrogen-bond acceptors (Lipinski definition) is 5. The number of aromatic nitrogens is 1. The summed E-state index contributed by atoms with van der Waals surface area (Å²) in [5.41, 5.74) is 7.61. The van der Waals surface area contributed by atoms with Gasteiger partial charge in [0.25, 0.3) is 5.56 Å². The second kappa shape index (κ2) is 6.05. The van der Waals surface area contributed by atoms with Crippen molar-refractivity contribution in [1.29, 1.82) is 0 Å². The van der Waals surface area contributed by atoms with Crippen molar-refractivity contribution in [1.82, 2.24) is 9.88 Å². The van der Waals surface area contributed by atoms with Crippen LogP contribution in [-0.2, 0) is 0 Å². The number of pyridine rings is 1. The number of nitrogens with two attached hydrogens (primary N) is 1. The second-order valence-electron chi connectivity index (χ2n) is 6.10. The van der Waals surface area contributed by atoms with Crippen LogP contribution < -0.4 is 16.0 Å². The summed E-state index contributed by atoms with van der Waals surface area (Å²) in [5.74, 6) is 0.804. The van der Waals surface area contributed by atoms with E-state index in [1.54, 1.807) is 7.11 Å². The summed E-state index contributed by atoms with van der Waals surface area (Å²) >= 11 is 1.46. The van der Waals surface area contributed by atoms with E-state index in [-0.39, 0.29) is 5.56 Å². The molecular weight excluding hydrogens is 322 g/mol. The van der Waals surface area contributed by atoms with Crippen LogP contribution in [0.4, 0.5) is 0 Å². The fourth-order valence-corrected chi connectivity index (χ4v) is 4.07. The van der Waals surface area contributed by atoms with Gasteiger partial charge in [-0.3, -0.25) is 9.69 Å². The third-order valence-corrected chi connectivity index (χ3v) is 5.36. The molecule has 2 aromatic heterocycles. The maximum atomic E-state index is 12.2. The largest absolute Gasteiger partial charge is 0.496 e. The minimum absolute atomic E-state index is 0.0397. The fraction of sp³-hybridized carbons (Fsp3) is 0.278. The number of aromatic amines is 1. The number of H-pyrrole nitrogens is 1. The Balaban J connectivity index is 1.83. The minimum Gasteiger partial charge on any atom is -0.496 e. The number of methoxy groups -OCH3 is 1. The van der Waals surface area contributed by atoms with Gasteiger partial charge in [0.05, 0.1) is 7.11 Å². The van der Waals surface area contributed by atoms with Crippen LogP contribution in [0.3, 0.4) is 0 Å². The molecule has 0 saturated carbocycles. The van der Waals surface area contributed by atoms with Gasteiger partial charge >= 0.3 is 0 Å². The topological polar surface area (TPSA) is 71.4 Å². The molecule has 1 saturated heterocycles. The van der Waals surface area contributed by atoms with E-state index in [0.717, 1.165) is 51.9 Å². The molecule has 0 aliphatic carbocycles. The highest BCUT2D eigenvalue weighted by atomic mass is 32.1. The van der Waals surface area contributed by atoms with E-state index >= 15 is 0 Å². The fourth-order valence-electron chi connectivity index (χ4n) is 3.28. The molecule has 0 amide bonds. The van der Waals surface area contributed by atoms with Crippen molar-refractivity contribution < 1.29 is 4.74 Å². The molecule has 0 spiro atoms. The van der Waals surface area contributed by atoms with Gasteiger partial charge in [0, 0.05) is 47.5 Å². The monoisotopic (exact) mass is 341 g/mol. The zero-order valence-electron chi connectivity index (χ0n) is 13.4. The Kier molecular flexibility index (Phi) is 3.88. The average Bonchev–Trinajstić information content (AvgIpc) is 3.03. The van der Waals surface area contributed by atoms with Crippen LogP contribution in [0.2, 0.25) is 0 Å². The molecule has 3 N–H and O–H groups in total. The lowest BCUT2D eigenvalue weighted by Crippen LogP contribution is -2.55. The number of fused-ring (bicyclic) bond motifs is 3. The van der Waals surface area contributed by atoms with E-state index in [0.29, 0.717) is 6.04 Å². The number of hydrogen-bond donors (Lipinski definition) is 2. The maximum Gasteiger partial charge on any atom is 0.266 e. The highest BCUT2D eigenvalue weighted by Gasteiger charge is 2.21. The zero-order chi connectivity index (χ0) is 16.7. The molecule has 1 aliphatic heterocycles. The lowest BCUT2D eigenvalue weighted by molar-refractivity contribution is 0.170. The summed E-state index contributed by atoms with van der Waals surface area (Å²) in [7, 11) is 1.67. The molecule has 1 fully saturated rings. The van der Waals surface area contributed by atoms with Crippen LogP contribution in [0, 0.1) is 0 Å². The first-order valence-corrected chi connectivity index (χ1v) is 8.80. The lowest BCUT2D eigenvalue weighted by Gasteiger charge is -2.35. The summed E-state index contributed by atoms with van der Waals surface area (Å²) < 4.78 is 6.30. The predicted molar refractivity (Wildman–Crippen MR) is 100.0 cm³/mol. The smallest absolute Gasteiger partial charge is 0.266 e. The van der Waals surface area contributed by atoms with Crippen molar-refractivity contribution in [3.05, 3.63) is 45.6 Å². The normalized spacial score (nSPS) is 16.2. The van der Waals surface area contributed by atoms with Gasteiger partial charge in [-0.2, -0.15) is 0 Å². The van der Waals surface area contributed by atoms with Crippen LogP contribution in [0.1, 0.15) is 5.56 Å². The predicted octanol–water partition coefficient (Wildman–Crippen LogP) is 2.41. The lowest BCUT2D eigenvalue weighted by atomic mass is 10.0. The van der Waals surface area contributed by atoms with Gasteiger partial charge in [-0.25, -0.2) is 0 Å². The van der Waals surface area contributed by atoms with Gasteiger partial charge in [0.15, 0.2) is 0 Å². The van der Waals surface area contributed by atoms with Gasteiger partial charge < -0.3 is 15.5 Å². The molecule has 5 nitrogen and oxygen atoms in total. The third kappa shape index (κ3) is 2.53. The second-order valence-corrected chi connectivity index (χ2v) is 7.02. The molecule has 0 atom stereocenters. The minimum atomic E-state index is -0.0397. The highest BCUT2D eigenvalue weighted by molar-refractivity contribution is 7.17. The Morgan fingerprint density at radius 2 is 2.25 bits per heavy atom. The van der Waals surface area contributed by atoms with E-state index in [4.69, 9.17) is 10.5 Å². The number of rotatable bonds is 4. The molecule has 6 heteroatoms. The average molecular weight is 341 g/mol. The number of likely N-dealkylation sites (tertiary alicyclic amines) is 1. The zero-order valence-corrected chi connectivity index (χ0v) is 14.2. The molecule has 0 bridgehead atoms. The summed E-state index contributed by atoms with van der Waals surface area (Å²) in [5, 5.41) is 3.96. The number of nitrogens with zero attached hydrogens (tertiary/aromatic N) is 1. The quantitative estimate of drug-likeness (QED) is 0.764. The molecule has 1 aliphatic rings. The van der Waals surface area contributed by atoms with E-state index < -0.39 is 0 Å². The van der Waals surface area contributed by atoms with Crippen molar-refractivity contribution >= 4 is 38.4 Å². The number of ether oxygens (including phenoxy) is 1. The van der Waals surface area contributed by atoms with E-state index in [1.165, 1.54) is 11.3 Å². The van der Waals surface area contributed by atoms with Gasteiger partial charge in [0.2, 0.25) is 0 Å². The van der Waals surface area contributed by atoms with Crippen molar-refractivity contribution in [2.24, 2.45) is 5.73 Å². The molecule has 0 unspecified atom stereocenters. The first-order valence-electron chi connectivity index (χ1n) is 7.92. The molecule has 4 rings (SSSR count). The number of benzene rings is 1. The van der Waals surface area contributed by atoms with Gasteiger partial charge in [-0.15, -0.1) is 11.3 Å². The van der Waals surface area contributed by atoms with Crippen molar-refractivity contribution in [3.8, 4) is 5.75 Å². The first-order chi connectivity index (χ1) is 11.7. The van der Waals surface area contributed by atoms with Crippen LogP contribution in [-0.4, -0.2) is 42.7 Å². The van der Waals surface area contributed by atoms with Gasteiger partial charge in [-0.05, 0) is 23.6 Å². The van der Waals surface area contributed by atoms with Crippen LogP contribution in [0.15, 0.2) is 34.4 Å². The van der Waals surface area contributed by atoms with Crippen molar-refractivity contribution in [2.45, 2.75) is 6.04 Å². The Morgan fingerprint density at radius 3 is 3.00 bits per heavy atom. The SMILES string of the molecule is COc1ccc2[nH]c(=O)c3sccc3c2c1C=CCN1CC(N)C1. The first kappa shape index (κ1) is 15.4. The van der Waals surface area contributed by atoms with Gasteiger partial charge in [-0.1, -0.05) is 12.2 Å². The van der Waals surface area contributed by atoms with Crippen LogP contribution in [0.25, 0.3) is 27.1 Å². The third-order valence-electron chi connectivity index (χ3n) is 4.45. The molecule has 24 heavy (non-hydrogen) atoms. The van der Waals surface area contributed by atoms with Crippen LogP contribution in [0.5, 0.6) is 5.75 Å². The molecule has 3 aromatic rings. The molecule has 0 radical (unpaired) electrons.